The minimum Gasteiger partial charge on any atom is -0.398 e. The highest BCUT2D eigenvalue weighted by Gasteiger charge is 2.21. The van der Waals surface area contributed by atoms with Gasteiger partial charge in [0.2, 0.25) is 5.43 Å². The van der Waals surface area contributed by atoms with E-state index in [0.29, 0.717) is 24.2 Å². The number of amides is 1. The number of anilines is 1. The van der Waals surface area contributed by atoms with Crippen molar-refractivity contribution in [3.05, 3.63) is 40.2 Å². The molecule has 0 aliphatic carbocycles. The van der Waals surface area contributed by atoms with E-state index >= 15 is 0 Å². The van der Waals surface area contributed by atoms with Gasteiger partial charge in [0.15, 0.2) is 0 Å². The zero-order valence-corrected chi connectivity index (χ0v) is 14.3. The molecule has 1 atom stereocenters. The Morgan fingerprint density at radius 3 is 2.48 bits per heavy atom. The second-order valence-corrected chi connectivity index (χ2v) is 5.76. The third-order valence-electron chi connectivity index (χ3n) is 4.44. The molecule has 0 radical (unpaired) electrons. The minimum absolute atomic E-state index is 0.170. The second kappa shape index (κ2) is 6.86. The summed E-state index contributed by atoms with van der Waals surface area (Å²) >= 11 is 0. The molecule has 0 saturated heterocycles. The fourth-order valence-corrected chi connectivity index (χ4v) is 2.82. The van der Waals surface area contributed by atoms with Crippen molar-refractivity contribution in [3.63, 3.8) is 0 Å². The van der Waals surface area contributed by atoms with Gasteiger partial charge in [-0.2, -0.15) is 0 Å². The average molecular weight is 315 g/mol. The number of carbonyl (C=O) groups is 1. The van der Waals surface area contributed by atoms with E-state index in [1.165, 1.54) is 0 Å². The first-order valence-corrected chi connectivity index (χ1v) is 8.18. The third-order valence-corrected chi connectivity index (χ3v) is 4.44. The van der Waals surface area contributed by atoms with Gasteiger partial charge in [0.25, 0.3) is 5.91 Å². The van der Waals surface area contributed by atoms with Crippen LogP contribution in [0, 0.1) is 0 Å². The Labute approximate surface area is 136 Å². The van der Waals surface area contributed by atoms with Crippen LogP contribution in [0.5, 0.6) is 0 Å². The van der Waals surface area contributed by atoms with E-state index in [9.17, 15) is 9.59 Å². The van der Waals surface area contributed by atoms with Gasteiger partial charge in [-0.15, -0.1) is 0 Å². The smallest absolute Gasteiger partial charge is 0.259 e. The summed E-state index contributed by atoms with van der Waals surface area (Å²) in [5, 5.41) is 0.436. The number of rotatable bonds is 5. The number of hydrogen-bond acceptors (Lipinski definition) is 3. The highest BCUT2D eigenvalue weighted by atomic mass is 16.2. The molecule has 0 saturated carbocycles. The van der Waals surface area contributed by atoms with Crippen LogP contribution in [-0.4, -0.2) is 28.5 Å². The monoisotopic (exact) mass is 315 g/mol. The first kappa shape index (κ1) is 17.1. The molecule has 1 unspecified atom stereocenters. The quantitative estimate of drug-likeness (QED) is 0.862. The van der Waals surface area contributed by atoms with Gasteiger partial charge in [0, 0.05) is 31.0 Å². The maximum Gasteiger partial charge on any atom is 0.259 e. The number of carbonyl (C=O) groups excluding carboxylic acids is 1. The Hall–Kier alpha value is -2.30. The number of aromatic nitrogens is 1. The van der Waals surface area contributed by atoms with Crippen molar-refractivity contribution in [1.29, 1.82) is 0 Å². The summed E-state index contributed by atoms with van der Waals surface area (Å²) in [6.07, 6.45) is 2.59. The van der Waals surface area contributed by atoms with Crippen molar-refractivity contribution >= 4 is 22.5 Å². The summed E-state index contributed by atoms with van der Waals surface area (Å²) in [6.45, 7) is 9.10. The number of fused-ring (bicyclic) bond motifs is 1. The van der Waals surface area contributed by atoms with Crippen molar-refractivity contribution in [2.24, 2.45) is 0 Å². The summed E-state index contributed by atoms with van der Waals surface area (Å²) in [7, 11) is 0. The van der Waals surface area contributed by atoms with Crippen LogP contribution in [0.15, 0.2) is 29.2 Å². The molecule has 0 aliphatic heterocycles. The molecular formula is C18H25N3O2. The van der Waals surface area contributed by atoms with E-state index in [2.05, 4.69) is 13.8 Å². The fourth-order valence-electron chi connectivity index (χ4n) is 2.82. The van der Waals surface area contributed by atoms with Crippen LogP contribution in [0.25, 0.3) is 10.9 Å². The zero-order chi connectivity index (χ0) is 17.1. The average Bonchev–Trinajstić information content (AvgIpc) is 2.55. The molecule has 1 aromatic heterocycles. The van der Waals surface area contributed by atoms with Gasteiger partial charge in [-0.05, 0) is 39.3 Å². The largest absolute Gasteiger partial charge is 0.398 e. The maximum atomic E-state index is 12.8. The third kappa shape index (κ3) is 2.96. The lowest BCUT2D eigenvalue weighted by molar-refractivity contribution is 0.0771. The van der Waals surface area contributed by atoms with Crippen molar-refractivity contribution in [2.75, 3.05) is 18.8 Å². The van der Waals surface area contributed by atoms with Gasteiger partial charge in [-0.3, -0.25) is 9.59 Å². The van der Waals surface area contributed by atoms with Crippen molar-refractivity contribution in [3.8, 4) is 0 Å². The van der Waals surface area contributed by atoms with Crippen LogP contribution in [0.1, 0.15) is 50.5 Å². The number of hydrogen-bond donors (Lipinski definition) is 1. The molecule has 2 aromatic rings. The highest BCUT2D eigenvalue weighted by molar-refractivity contribution is 6.00. The molecule has 2 rings (SSSR count). The van der Waals surface area contributed by atoms with Crippen LogP contribution in [0.4, 0.5) is 5.69 Å². The molecule has 5 nitrogen and oxygen atoms in total. The molecule has 2 N–H and O–H groups in total. The molecule has 0 bridgehead atoms. The normalized spacial score (nSPS) is 12.3. The first-order valence-electron chi connectivity index (χ1n) is 8.18. The SMILES string of the molecule is CCC(C)n1cc(C(=O)N(CC)CC)c(=O)c2c(N)cccc21. The lowest BCUT2D eigenvalue weighted by atomic mass is 10.1. The van der Waals surface area contributed by atoms with E-state index in [0.717, 1.165) is 11.9 Å². The predicted molar refractivity (Wildman–Crippen MR) is 94.9 cm³/mol. The van der Waals surface area contributed by atoms with E-state index in [4.69, 9.17) is 5.73 Å². The maximum absolute atomic E-state index is 12.8. The standard InChI is InChI=1S/C18H25N3O2/c1-5-12(4)21-11-13(18(23)20(6-2)7-3)17(22)16-14(19)9-8-10-15(16)21/h8-12H,5-7,19H2,1-4H3. The molecule has 1 amide bonds. The summed E-state index contributed by atoms with van der Waals surface area (Å²) in [5.74, 6) is -0.234. The first-order chi connectivity index (χ1) is 11.0. The van der Waals surface area contributed by atoms with E-state index < -0.39 is 0 Å². The van der Waals surface area contributed by atoms with Crippen LogP contribution in [-0.2, 0) is 0 Å². The van der Waals surface area contributed by atoms with E-state index in [1.54, 1.807) is 17.2 Å². The summed E-state index contributed by atoms with van der Waals surface area (Å²) in [4.78, 5) is 27.2. The molecule has 1 aromatic carbocycles. The van der Waals surface area contributed by atoms with Crippen LogP contribution in [0.2, 0.25) is 0 Å². The van der Waals surface area contributed by atoms with Crippen molar-refractivity contribution < 1.29 is 4.79 Å². The van der Waals surface area contributed by atoms with Gasteiger partial charge < -0.3 is 15.2 Å². The highest BCUT2D eigenvalue weighted by Crippen LogP contribution is 2.23. The molecule has 124 valence electrons. The molecule has 0 spiro atoms. The fraction of sp³-hybridized carbons (Fsp3) is 0.444. The lowest BCUT2D eigenvalue weighted by Gasteiger charge is -2.22. The van der Waals surface area contributed by atoms with Gasteiger partial charge in [-0.1, -0.05) is 13.0 Å². The Kier molecular flexibility index (Phi) is 5.08. The second-order valence-electron chi connectivity index (χ2n) is 5.76. The van der Waals surface area contributed by atoms with E-state index in [-0.39, 0.29) is 22.9 Å². The topological polar surface area (TPSA) is 68.3 Å². The summed E-state index contributed by atoms with van der Waals surface area (Å²) in [6, 6.07) is 5.59. The number of nitrogen functional groups attached to an aromatic ring is 1. The Bertz CT molecular complexity index is 776. The van der Waals surface area contributed by atoms with Gasteiger partial charge in [0.05, 0.1) is 10.9 Å². The molecular weight excluding hydrogens is 290 g/mol. The minimum atomic E-state index is -0.283. The summed E-state index contributed by atoms with van der Waals surface area (Å²) in [5.41, 5.74) is 7.14. The van der Waals surface area contributed by atoms with Gasteiger partial charge >= 0.3 is 0 Å². The number of nitrogens with two attached hydrogens (primary N) is 1. The molecule has 0 fully saturated rings. The molecule has 23 heavy (non-hydrogen) atoms. The Balaban J connectivity index is 2.81. The summed E-state index contributed by atoms with van der Waals surface area (Å²) < 4.78 is 1.99. The number of benzene rings is 1. The van der Waals surface area contributed by atoms with Gasteiger partial charge in [-0.25, -0.2) is 0 Å². The van der Waals surface area contributed by atoms with Gasteiger partial charge in [0.1, 0.15) is 5.56 Å². The molecule has 1 heterocycles. The Morgan fingerprint density at radius 2 is 1.91 bits per heavy atom. The van der Waals surface area contributed by atoms with Crippen LogP contribution in [0.3, 0.4) is 0 Å². The number of pyridine rings is 1. The Morgan fingerprint density at radius 1 is 1.26 bits per heavy atom. The predicted octanol–water partition coefficient (Wildman–Crippen LogP) is 3.04. The number of nitrogens with zero attached hydrogens (tertiary/aromatic N) is 2. The van der Waals surface area contributed by atoms with Crippen LogP contribution >= 0.6 is 0 Å². The lowest BCUT2D eigenvalue weighted by Crippen LogP contribution is -2.35. The zero-order valence-electron chi connectivity index (χ0n) is 14.3. The van der Waals surface area contributed by atoms with Crippen LogP contribution < -0.4 is 11.2 Å². The van der Waals surface area contributed by atoms with E-state index in [1.807, 2.05) is 30.5 Å². The molecule has 5 heteroatoms. The van der Waals surface area contributed by atoms with Crippen molar-refractivity contribution in [2.45, 2.75) is 40.2 Å². The molecule has 0 aliphatic rings. The van der Waals surface area contributed by atoms with Crippen molar-refractivity contribution in [1.82, 2.24) is 9.47 Å².